The molecular weight excluding hydrogens is 138 g/mol. The van der Waals surface area contributed by atoms with Crippen molar-refractivity contribution in [3.05, 3.63) is 36.8 Å². The molecular formula is C9H13NO. The van der Waals surface area contributed by atoms with Gasteiger partial charge in [0, 0.05) is 6.04 Å². The van der Waals surface area contributed by atoms with E-state index in [2.05, 4.69) is 6.58 Å². The second-order valence-corrected chi connectivity index (χ2v) is 2.62. The van der Waals surface area contributed by atoms with E-state index in [-0.39, 0.29) is 6.04 Å². The van der Waals surface area contributed by atoms with E-state index < -0.39 is 0 Å². The molecule has 0 aliphatic rings. The molecule has 0 saturated carbocycles. The van der Waals surface area contributed by atoms with Gasteiger partial charge in [0.15, 0.2) is 0 Å². The standard InChI is InChI=1S/C9H13NO/c1-2-3-9(10)6-8-4-5-11-7-8/h2,4-5,7,9H,1,3,6,10H2. The maximum atomic E-state index is 5.76. The second-order valence-electron chi connectivity index (χ2n) is 2.62. The smallest absolute Gasteiger partial charge is 0.0935 e. The van der Waals surface area contributed by atoms with Gasteiger partial charge < -0.3 is 10.2 Å². The van der Waals surface area contributed by atoms with E-state index in [1.54, 1.807) is 12.5 Å². The molecule has 1 rings (SSSR count). The molecule has 1 atom stereocenters. The van der Waals surface area contributed by atoms with Crippen molar-refractivity contribution in [1.29, 1.82) is 0 Å². The van der Waals surface area contributed by atoms with Gasteiger partial charge in [0.05, 0.1) is 12.5 Å². The quantitative estimate of drug-likeness (QED) is 0.665. The zero-order valence-electron chi connectivity index (χ0n) is 6.49. The first-order chi connectivity index (χ1) is 5.33. The lowest BCUT2D eigenvalue weighted by Crippen LogP contribution is -2.21. The lowest BCUT2D eigenvalue weighted by atomic mass is 10.1. The lowest BCUT2D eigenvalue weighted by Gasteiger charge is -2.05. The molecule has 0 aromatic carbocycles. The average Bonchev–Trinajstić information content (AvgIpc) is 2.40. The monoisotopic (exact) mass is 151 g/mol. The first-order valence-corrected chi connectivity index (χ1v) is 3.70. The molecule has 1 heterocycles. The van der Waals surface area contributed by atoms with E-state index >= 15 is 0 Å². The molecule has 2 N–H and O–H groups in total. The fourth-order valence-electron chi connectivity index (χ4n) is 1.01. The highest BCUT2D eigenvalue weighted by molar-refractivity contribution is 5.07. The van der Waals surface area contributed by atoms with Crippen LogP contribution in [-0.4, -0.2) is 6.04 Å². The van der Waals surface area contributed by atoms with Crippen LogP contribution in [0.5, 0.6) is 0 Å². The molecule has 1 unspecified atom stereocenters. The summed E-state index contributed by atoms with van der Waals surface area (Å²) < 4.78 is 4.91. The highest BCUT2D eigenvalue weighted by Gasteiger charge is 2.01. The van der Waals surface area contributed by atoms with Gasteiger partial charge in [0.1, 0.15) is 0 Å². The van der Waals surface area contributed by atoms with Crippen LogP contribution in [0.1, 0.15) is 12.0 Å². The molecule has 0 radical (unpaired) electrons. The largest absolute Gasteiger partial charge is 0.472 e. The molecule has 0 spiro atoms. The molecule has 1 aromatic heterocycles. The Morgan fingerprint density at radius 3 is 3.09 bits per heavy atom. The number of rotatable bonds is 4. The number of nitrogens with two attached hydrogens (primary N) is 1. The van der Waals surface area contributed by atoms with Crippen LogP contribution in [0.15, 0.2) is 35.7 Å². The Kier molecular flexibility index (Phi) is 2.93. The van der Waals surface area contributed by atoms with Gasteiger partial charge in [-0.1, -0.05) is 6.08 Å². The molecule has 0 fully saturated rings. The summed E-state index contributed by atoms with van der Waals surface area (Å²) >= 11 is 0. The van der Waals surface area contributed by atoms with Crippen molar-refractivity contribution in [1.82, 2.24) is 0 Å². The fraction of sp³-hybridized carbons (Fsp3) is 0.333. The molecule has 0 bridgehead atoms. The summed E-state index contributed by atoms with van der Waals surface area (Å²) in [4.78, 5) is 0. The van der Waals surface area contributed by atoms with Gasteiger partial charge in [-0.15, -0.1) is 6.58 Å². The van der Waals surface area contributed by atoms with Gasteiger partial charge in [-0.3, -0.25) is 0 Å². The summed E-state index contributed by atoms with van der Waals surface area (Å²) in [6, 6.07) is 2.10. The highest BCUT2D eigenvalue weighted by Crippen LogP contribution is 2.04. The van der Waals surface area contributed by atoms with Crippen molar-refractivity contribution in [3.63, 3.8) is 0 Å². The lowest BCUT2D eigenvalue weighted by molar-refractivity contribution is 0.560. The third kappa shape index (κ3) is 2.60. The molecule has 0 aliphatic heterocycles. The van der Waals surface area contributed by atoms with Crippen molar-refractivity contribution in [2.45, 2.75) is 18.9 Å². The highest BCUT2D eigenvalue weighted by atomic mass is 16.3. The van der Waals surface area contributed by atoms with Crippen LogP contribution >= 0.6 is 0 Å². The van der Waals surface area contributed by atoms with Crippen molar-refractivity contribution in [3.8, 4) is 0 Å². The molecule has 60 valence electrons. The number of hydrogen-bond donors (Lipinski definition) is 1. The normalized spacial score (nSPS) is 12.8. The Bertz CT molecular complexity index is 203. The third-order valence-electron chi connectivity index (χ3n) is 1.55. The molecule has 0 saturated heterocycles. The molecule has 0 aliphatic carbocycles. The minimum atomic E-state index is 0.171. The Labute approximate surface area is 66.7 Å². The maximum Gasteiger partial charge on any atom is 0.0935 e. The third-order valence-corrected chi connectivity index (χ3v) is 1.55. The van der Waals surface area contributed by atoms with Crippen molar-refractivity contribution >= 4 is 0 Å². The topological polar surface area (TPSA) is 39.2 Å². The van der Waals surface area contributed by atoms with Gasteiger partial charge in [-0.25, -0.2) is 0 Å². The summed E-state index contributed by atoms with van der Waals surface area (Å²) in [7, 11) is 0. The molecule has 2 nitrogen and oxygen atoms in total. The van der Waals surface area contributed by atoms with Gasteiger partial charge >= 0.3 is 0 Å². The molecule has 0 amide bonds. The molecule has 11 heavy (non-hydrogen) atoms. The van der Waals surface area contributed by atoms with E-state index in [4.69, 9.17) is 10.2 Å². The second kappa shape index (κ2) is 3.98. The zero-order valence-corrected chi connectivity index (χ0v) is 6.49. The Morgan fingerprint density at radius 2 is 2.55 bits per heavy atom. The van der Waals surface area contributed by atoms with Crippen LogP contribution in [0.3, 0.4) is 0 Å². The zero-order chi connectivity index (χ0) is 8.10. The van der Waals surface area contributed by atoms with E-state index in [9.17, 15) is 0 Å². The molecule has 2 heteroatoms. The SMILES string of the molecule is C=CCC(N)Cc1ccoc1. The summed E-state index contributed by atoms with van der Waals surface area (Å²) in [5.41, 5.74) is 6.91. The van der Waals surface area contributed by atoms with Crippen molar-refractivity contribution < 1.29 is 4.42 Å². The summed E-state index contributed by atoms with van der Waals surface area (Å²) in [5, 5.41) is 0. The summed E-state index contributed by atoms with van der Waals surface area (Å²) in [6.07, 6.45) is 6.94. The Balaban J connectivity index is 2.37. The van der Waals surface area contributed by atoms with Gasteiger partial charge in [-0.2, -0.15) is 0 Å². The van der Waals surface area contributed by atoms with Gasteiger partial charge in [-0.05, 0) is 24.5 Å². The minimum Gasteiger partial charge on any atom is -0.472 e. The van der Waals surface area contributed by atoms with Crippen molar-refractivity contribution in [2.24, 2.45) is 5.73 Å². The van der Waals surface area contributed by atoms with Crippen molar-refractivity contribution in [2.75, 3.05) is 0 Å². The summed E-state index contributed by atoms with van der Waals surface area (Å²) in [5.74, 6) is 0. The van der Waals surface area contributed by atoms with E-state index in [0.29, 0.717) is 0 Å². The minimum absolute atomic E-state index is 0.171. The average molecular weight is 151 g/mol. The van der Waals surface area contributed by atoms with Crippen LogP contribution in [0.2, 0.25) is 0 Å². The predicted molar refractivity (Wildman–Crippen MR) is 45.2 cm³/mol. The van der Waals surface area contributed by atoms with Crippen LogP contribution < -0.4 is 5.73 Å². The number of hydrogen-bond acceptors (Lipinski definition) is 2. The van der Waals surface area contributed by atoms with E-state index in [0.717, 1.165) is 18.4 Å². The Morgan fingerprint density at radius 1 is 1.73 bits per heavy atom. The van der Waals surface area contributed by atoms with E-state index in [1.807, 2.05) is 12.1 Å². The van der Waals surface area contributed by atoms with Crippen LogP contribution in [0, 0.1) is 0 Å². The summed E-state index contributed by atoms with van der Waals surface area (Å²) in [6.45, 7) is 3.63. The Hall–Kier alpha value is -1.02. The maximum absolute atomic E-state index is 5.76. The molecule has 1 aromatic rings. The van der Waals surface area contributed by atoms with Gasteiger partial charge in [0.2, 0.25) is 0 Å². The van der Waals surface area contributed by atoms with Crippen LogP contribution in [0.25, 0.3) is 0 Å². The van der Waals surface area contributed by atoms with Crippen LogP contribution in [0.4, 0.5) is 0 Å². The number of furan rings is 1. The van der Waals surface area contributed by atoms with E-state index in [1.165, 1.54) is 0 Å². The first-order valence-electron chi connectivity index (χ1n) is 3.70. The first kappa shape index (κ1) is 8.08. The van der Waals surface area contributed by atoms with Crippen LogP contribution in [-0.2, 0) is 6.42 Å². The fourth-order valence-corrected chi connectivity index (χ4v) is 1.01. The predicted octanol–water partition coefficient (Wildman–Crippen LogP) is 1.73. The van der Waals surface area contributed by atoms with Gasteiger partial charge in [0.25, 0.3) is 0 Å².